The average Bonchev–Trinajstić information content (AvgIpc) is 2.10. The summed E-state index contributed by atoms with van der Waals surface area (Å²) in [6, 6.07) is 0. The van der Waals surface area contributed by atoms with E-state index in [0.29, 0.717) is 6.42 Å². The van der Waals surface area contributed by atoms with Crippen molar-refractivity contribution in [3.05, 3.63) is 0 Å². The zero-order valence-corrected chi connectivity index (χ0v) is 8.26. The highest BCUT2D eigenvalue weighted by Crippen LogP contribution is 2.12. The molecule has 78 valence electrons. The van der Waals surface area contributed by atoms with Gasteiger partial charge in [-0.15, -0.1) is 0 Å². The van der Waals surface area contributed by atoms with Gasteiger partial charge in [0.1, 0.15) is 6.67 Å². The van der Waals surface area contributed by atoms with Gasteiger partial charge in [-0.2, -0.15) is 0 Å². The van der Waals surface area contributed by atoms with E-state index in [2.05, 4.69) is 6.92 Å². The van der Waals surface area contributed by atoms with Gasteiger partial charge in [0.25, 0.3) is 0 Å². The molecule has 0 spiro atoms. The molecule has 0 bridgehead atoms. The largest absolute Gasteiger partial charge is 0.481 e. The van der Waals surface area contributed by atoms with Gasteiger partial charge in [0.15, 0.2) is 0 Å². The summed E-state index contributed by atoms with van der Waals surface area (Å²) in [4.78, 5) is 10.4. The molecule has 0 amide bonds. The average molecular weight is 190 g/mol. The topological polar surface area (TPSA) is 37.3 Å². The maximum Gasteiger partial charge on any atom is 0.309 e. The highest BCUT2D eigenvalue weighted by atomic mass is 19.1. The van der Waals surface area contributed by atoms with Crippen molar-refractivity contribution in [2.75, 3.05) is 6.67 Å². The highest BCUT2D eigenvalue weighted by molar-refractivity contribution is 5.69. The summed E-state index contributed by atoms with van der Waals surface area (Å²) < 4.78 is 12.1. The second kappa shape index (κ2) is 8.02. The number of hydrogen-bond donors (Lipinski definition) is 1. The number of alkyl halides is 1. The SMILES string of the molecule is CCCCCCCC(CF)C(=O)O. The molecule has 0 aliphatic carbocycles. The maximum absolute atomic E-state index is 12.1. The molecular formula is C10H19FO2. The Hall–Kier alpha value is -0.600. The molecule has 0 aromatic heterocycles. The Kier molecular flexibility index (Phi) is 7.65. The predicted molar refractivity (Wildman–Crippen MR) is 50.5 cm³/mol. The molecule has 0 rings (SSSR count). The molecular weight excluding hydrogens is 171 g/mol. The number of aliphatic carboxylic acids is 1. The summed E-state index contributed by atoms with van der Waals surface area (Å²) in [5.74, 6) is -1.78. The molecule has 3 heteroatoms. The Bertz CT molecular complexity index is 137. The lowest BCUT2D eigenvalue weighted by atomic mass is 10.0. The molecule has 0 aliphatic heterocycles. The summed E-state index contributed by atoms with van der Waals surface area (Å²) in [6.45, 7) is 1.39. The van der Waals surface area contributed by atoms with Crippen LogP contribution in [-0.2, 0) is 4.79 Å². The molecule has 1 atom stereocenters. The second-order valence-corrected chi connectivity index (χ2v) is 3.39. The van der Waals surface area contributed by atoms with E-state index in [1.54, 1.807) is 0 Å². The fraction of sp³-hybridized carbons (Fsp3) is 0.900. The predicted octanol–water partition coefficient (Wildman–Crippen LogP) is 3.02. The minimum absolute atomic E-state index is 0.482. The summed E-state index contributed by atoms with van der Waals surface area (Å²) in [5, 5.41) is 8.54. The van der Waals surface area contributed by atoms with E-state index in [0.717, 1.165) is 19.3 Å². The number of halogens is 1. The van der Waals surface area contributed by atoms with Gasteiger partial charge < -0.3 is 5.11 Å². The van der Waals surface area contributed by atoms with Gasteiger partial charge in [0.2, 0.25) is 0 Å². The molecule has 0 saturated heterocycles. The Labute approximate surface area is 79.1 Å². The molecule has 1 unspecified atom stereocenters. The van der Waals surface area contributed by atoms with E-state index in [1.807, 2.05) is 0 Å². The van der Waals surface area contributed by atoms with Crippen molar-refractivity contribution in [1.82, 2.24) is 0 Å². The van der Waals surface area contributed by atoms with Crippen LogP contribution in [0.5, 0.6) is 0 Å². The quantitative estimate of drug-likeness (QED) is 0.597. The van der Waals surface area contributed by atoms with Crippen molar-refractivity contribution in [2.24, 2.45) is 5.92 Å². The van der Waals surface area contributed by atoms with Gasteiger partial charge in [0.05, 0.1) is 5.92 Å². The van der Waals surface area contributed by atoms with E-state index >= 15 is 0 Å². The fourth-order valence-electron chi connectivity index (χ4n) is 1.26. The van der Waals surface area contributed by atoms with Crippen molar-refractivity contribution in [3.8, 4) is 0 Å². The van der Waals surface area contributed by atoms with Crippen LogP contribution in [0.15, 0.2) is 0 Å². The third-order valence-electron chi connectivity index (χ3n) is 2.19. The van der Waals surface area contributed by atoms with E-state index < -0.39 is 18.6 Å². The molecule has 0 heterocycles. The summed E-state index contributed by atoms with van der Waals surface area (Å²) in [6.07, 6.45) is 5.84. The zero-order valence-electron chi connectivity index (χ0n) is 8.26. The minimum Gasteiger partial charge on any atom is -0.481 e. The number of carbonyl (C=O) groups is 1. The number of rotatable bonds is 8. The molecule has 0 saturated carbocycles. The van der Waals surface area contributed by atoms with Crippen LogP contribution in [0.1, 0.15) is 45.4 Å². The van der Waals surface area contributed by atoms with Crippen LogP contribution in [-0.4, -0.2) is 17.8 Å². The molecule has 0 aromatic rings. The second-order valence-electron chi connectivity index (χ2n) is 3.39. The van der Waals surface area contributed by atoms with Crippen LogP contribution in [0.4, 0.5) is 4.39 Å². The Balaban J connectivity index is 3.33. The number of carboxylic acid groups (broad SMARTS) is 1. The lowest BCUT2D eigenvalue weighted by Gasteiger charge is -2.06. The third-order valence-corrected chi connectivity index (χ3v) is 2.19. The number of unbranched alkanes of at least 4 members (excludes halogenated alkanes) is 4. The van der Waals surface area contributed by atoms with Crippen molar-refractivity contribution >= 4 is 5.97 Å². The number of carboxylic acids is 1. The van der Waals surface area contributed by atoms with Gasteiger partial charge in [0, 0.05) is 0 Å². The first kappa shape index (κ1) is 12.4. The normalized spacial score (nSPS) is 12.8. The zero-order chi connectivity index (χ0) is 10.1. The summed E-state index contributed by atoms with van der Waals surface area (Å²) in [7, 11) is 0. The molecule has 0 fully saturated rings. The molecule has 0 radical (unpaired) electrons. The standard InChI is InChI=1S/C10H19FO2/c1-2-3-4-5-6-7-9(8-11)10(12)13/h9H,2-8H2,1H3,(H,12,13). The van der Waals surface area contributed by atoms with E-state index in [4.69, 9.17) is 5.11 Å². The summed E-state index contributed by atoms with van der Waals surface area (Å²) in [5.41, 5.74) is 0. The molecule has 0 aromatic carbocycles. The first-order chi connectivity index (χ1) is 6.22. The smallest absolute Gasteiger partial charge is 0.309 e. The van der Waals surface area contributed by atoms with E-state index in [9.17, 15) is 9.18 Å². The Morgan fingerprint density at radius 1 is 1.31 bits per heavy atom. The number of hydrogen-bond acceptors (Lipinski definition) is 1. The first-order valence-electron chi connectivity index (χ1n) is 5.01. The fourth-order valence-corrected chi connectivity index (χ4v) is 1.26. The first-order valence-corrected chi connectivity index (χ1v) is 5.01. The Morgan fingerprint density at radius 3 is 2.38 bits per heavy atom. The van der Waals surface area contributed by atoms with Crippen molar-refractivity contribution in [3.63, 3.8) is 0 Å². The molecule has 2 nitrogen and oxygen atoms in total. The third kappa shape index (κ3) is 6.55. The lowest BCUT2D eigenvalue weighted by Crippen LogP contribution is -2.15. The minimum atomic E-state index is -1.00. The van der Waals surface area contributed by atoms with Crippen LogP contribution < -0.4 is 0 Å². The van der Waals surface area contributed by atoms with Crippen LogP contribution in [0.3, 0.4) is 0 Å². The van der Waals surface area contributed by atoms with E-state index in [1.165, 1.54) is 12.8 Å². The van der Waals surface area contributed by atoms with Crippen molar-refractivity contribution in [1.29, 1.82) is 0 Å². The van der Waals surface area contributed by atoms with Gasteiger partial charge in [-0.05, 0) is 6.42 Å². The molecule has 0 aliphatic rings. The van der Waals surface area contributed by atoms with Crippen molar-refractivity contribution in [2.45, 2.75) is 45.4 Å². The maximum atomic E-state index is 12.1. The van der Waals surface area contributed by atoms with Gasteiger partial charge in [-0.25, -0.2) is 0 Å². The van der Waals surface area contributed by atoms with Crippen molar-refractivity contribution < 1.29 is 14.3 Å². The monoisotopic (exact) mass is 190 g/mol. The molecule has 13 heavy (non-hydrogen) atoms. The van der Waals surface area contributed by atoms with Crippen LogP contribution in [0.25, 0.3) is 0 Å². The van der Waals surface area contributed by atoms with Gasteiger partial charge >= 0.3 is 5.97 Å². The Morgan fingerprint density at radius 2 is 1.92 bits per heavy atom. The lowest BCUT2D eigenvalue weighted by molar-refractivity contribution is -0.142. The van der Waals surface area contributed by atoms with Crippen LogP contribution >= 0.6 is 0 Å². The molecule has 1 N–H and O–H groups in total. The summed E-state index contributed by atoms with van der Waals surface area (Å²) >= 11 is 0. The van der Waals surface area contributed by atoms with Crippen LogP contribution in [0, 0.1) is 5.92 Å². The van der Waals surface area contributed by atoms with Gasteiger partial charge in [-0.3, -0.25) is 9.18 Å². The van der Waals surface area contributed by atoms with Gasteiger partial charge in [-0.1, -0.05) is 39.0 Å². The van der Waals surface area contributed by atoms with E-state index in [-0.39, 0.29) is 0 Å². The highest BCUT2D eigenvalue weighted by Gasteiger charge is 2.15. The van der Waals surface area contributed by atoms with Crippen LogP contribution in [0.2, 0.25) is 0 Å².